The number of hydrogen-bond donors (Lipinski definition) is 0. The molecule has 0 aliphatic heterocycles. The molecule has 138 valence electrons. The summed E-state index contributed by atoms with van der Waals surface area (Å²) in [7, 11) is 0. The third kappa shape index (κ3) is 3.93. The van der Waals surface area contributed by atoms with Crippen molar-refractivity contribution in [1.82, 2.24) is 9.13 Å². The quantitative estimate of drug-likeness (QED) is 0.459. The lowest BCUT2D eigenvalue weighted by Gasteiger charge is -2.22. The summed E-state index contributed by atoms with van der Waals surface area (Å²) in [4.78, 5) is 35.7. The van der Waals surface area contributed by atoms with Crippen molar-refractivity contribution in [2.45, 2.75) is 33.9 Å². The lowest BCUT2D eigenvalue weighted by Crippen LogP contribution is -2.45. The van der Waals surface area contributed by atoms with E-state index in [2.05, 4.69) is 0 Å². The predicted molar refractivity (Wildman–Crippen MR) is 96.0 cm³/mol. The predicted octanol–water partition coefficient (Wildman–Crippen LogP) is 1.76. The molecule has 0 spiro atoms. The normalized spacial score (nSPS) is 10.9. The lowest BCUT2D eigenvalue weighted by atomic mass is 9.96. The fraction of sp³-hybridized carbons (Fsp3) is 0.333. The number of nitriles is 2. The van der Waals surface area contributed by atoms with E-state index in [1.807, 2.05) is 26.8 Å². The molecule has 0 N–H and O–H groups in total. The molecule has 0 bridgehead atoms. The van der Waals surface area contributed by atoms with Crippen molar-refractivity contribution in [3.8, 4) is 12.1 Å². The molecule has 0 saturated carbocycles. The molecule has 0 saturated heterocycles. The highest BCUT2D eigenvalue weighted by molar-refractivity contribution is 5.42. The van der Waals surface area contributed by atoms with E-state index in [0.717, 1.165) is 9.13 Å². The Balaban J connectivity index is 2.78. The van der Waals surface area contributed by atoms with Crippen molar-refractivity contribution in [2.24, 2.45) is 5.41 Å². The molecule has 2 rings (SSSR count). The van der Waals surface area contributed by atoms with E-state index < -0.39 is 21.5 Å². The van der Waals surface area contributed by atoms with Gasteiger partial charge in [-0.15, -0.1) is 0 Å². The van der Waals surface area contributed by atoms with Crippen LogP contribution in [0.15, 0.2) is 33.9 Å². The first-order valence-electron chi connectivity index (χ1n) is 8.01. The number of nitro groups is 1. The molecule has 0 atom stereocenters. The Hall–Kier alpha value is -3.72. The van der Waals surface area contributed by atoms with Crippen LogP contribution in [0, 0.1) is 38.2 Å². The van der Waals surface area contributed by atoms with Gasteiger partial charge in [0.25, 0.3) is 5.69 Å². The van der Waals surface area contributed by atoms with Crippen LogP contribution in [0.2, 0.25) is 0 Å². The van der Waals surface area contributed by atoms with Crippen LogP contribution < -0.4 is 11.1 Å². The number of rotatable bonds is 4. The van der Waals surface area contributed by atoms with Crippen LogP contribution >= 0.6 is 0 Å². The van der Waals surface area contributed by atoms with Gasteiger partial charge in [0, 0.05) is 18.2 Å². The molecule has 0 radical (unpaired) electrons. The summed E-state index contributed by atoms with van der Waals surface area (Å²) in [6.45, 7) is 5.19. The van der Waals surface area contributed by atoms with Crippen molar-refractivity contribution in [1.29, 1.82) is 10.5 Å². The standard InChI is InChI=1S/C18H17N5O4/c1-18(2,3)11-22-15(9-20)14(8-19)21(16(24)17(22)25)10-12-6-4-5-7-13(12)23(26)27/h4-7H,10-11H2,1-3H3. The summed E-state index contributed by atoms with van der Waals surface area (Å²) < 4.78 is 1.82. The zero-order valence-electron chi connectivity index (χ0n) is 15.1. The Morgan fingerprint density at radius 1 is 1.04 bits per heavy atom. The van der Waals surface area contributed by atoms with Crippen molar-refractivity contribution in [3.63, 3.8) is 0 Å². The highest BCUT2D eigenvalue weighted by atomic mass is 16.6. The molecule has 0 unspecified atom stereocenters. The highest BCUT2D eigenvalue weighted by Gasteiger charge is 2.24. The molecule has 0 aliphatic carbocycles. The average Bonchev–Trinajstić information content (AvgIpc) is 2.60. The van der Waals surface area contributed by atoms with Crippen LogP contribution in [0.4, 0.5) is 5.69 Å². The van der Waals surface area contributed by atoms with Gasteiger partial charge in [-0.2, -0.15) is 10.5 Å². The van der Waals surface area contributed by atoms with Crippen LogP contribution in [-0.2, 0) is 13.1 Å². The van der Waals surface area contributed by atoms with Gasteiger partial charge in [-0.05, 0) is 5.41 Å². The van der Waals surface area contributed by atoms with Gasteiger partial charge in [-0.1, -0.05) is 39.0 Å². The Morgan fingerprint density at radius 3 is 2.07 bits per heavy atom. The molecule has 2 aromatic rings. The number of nitrogens with zero attached hydrogens (tertiary/aromatic N) is 5. The van der Waals surface area contributed by atoms with Gasteiger partial charge < -0.3 is 0 Å². The zero-order valence-corrected chi connectivity index (χ0v) is 15.1. The Bertz CT molecular complexity index is 1110. The summed E-state index contributed by atoms with van der Waals surface area (Å²) >= 11 is 0. The average molecular weight is 367 g/mol. The van der Waals surface area contributed by atoms with Crippen LogP contribution in [0.1, 0.15) is 37.7 Å². The first-order chi connectivity index (χ1) is 12.6. The Morgan fingerprint density at radius 2 is 1.56 bits per heavy atom. The van der Waals surface area contributed by atoms with E-state index in [1.54, 1.807) is 12.1 Å². The Kier molecular flexibility index (Phi) is 5.27. The summed E-state index contributed by atoms with van der Waals surface area (Å²) in [6.07, 6.45) is 0. The molecule has 9 heteroatoms. The zero-order chi connectivity index (χ0) is 20.4. The molecule has 0 fully saturated rings. The summed E-state index contributed by atoms with van der Waals surface area (Å²) in [5.74, 6) is 0. The number of para-hydroxylation sites is 1. The van der Waals surface area contributed by atoms with Crippen LogP contribution in [0.5, 0.6) is 0 Å². The molecular weight excluding hydrogens is 350 g/mol. The molecule has 1 heterocycles. The first-order valence-corrected chi connectivity index (χ1v) is 8.01. The maximum Gasteiger partial charge on any atom is 0.317 e. The van der Waals surface area contributed by atoms with Crippen molar-refractivity contribution < 1.29 is 4.92 Å². The van der Waals surface area contributed by atoms with Crippen molar-refractivity contribution in [3.05, 3.63) is 72.0 Å². The minimum absolute atomic E-state index is 0.0744. The van der Waals surface area contributed by atoms with E-state index in [0.29, 0.717) is 0 Å². The lowest BCUT2D eigenvalue weighted by molar-refractivity contribution is -0.385. The van der Waals surface area contributed by atoms with Gasteiger partial charge >= 0.3 is 11.1 Å². The van der Waals surface area contributed by atoms with Gasteiger partial charge in [-0.3, -0.25) is 28.8 Å². The second-order valence-corrected chi connectivity index (χ2v) is 7.15. The fourth-order valence-corrected chi connectivity index (χ4v) is 2.69. The van der Waals surface area contributed by atoms with Crippen LogP contribution in [-0.4, -0.2) is 14.1 Å². The summed E-state index contributed by atoms with van der Waals surface area (Å²) in [5, 5.41) is 30.2. The van der Waals surface area contributed by atoms with Gasteiger partial charge in [0.05, 0.1) is 11.5 Å². The highest BCUT2D eigenvalue weighted by Crippen LogP contribution is 2.20. The molecule has 0 aliphatic rings. The van der Waals surface area contributed by atoms with Gasteiger partial charge in [-0.25, -0.2) is 0 Å². The second kappa shape index (κ2) is 7.26. The molecule has 1 aromatic carbocycles. The fourth-order valence-electron chi connectivity index (χ4n) is 2.69. The van der Waals surface area contributed by atoms with Gasteiger partial charge in [0.15, 0.2) is 11.4 Å². The van der Waals surface area contributed by atoms with Crippen molar-refractivity contribution >= 4 is 5.69 Å². The minimum atomic E-state index is -1.01. The first kappa shape index (κ1) is 19.6. The largest absolute Gasteiger partial charge is 0.317 e. The number of hydrogen-bond acceptors (Lipinski definition) is 6. The molecule has 0 amide bonds. The smallest absolute Gasteiger partial charge is 0.292 e. The molecule has 9 nitrogen and oxygen atoms in total. The van der Waals surface area contributed by atoms with Gasteiger partial charge in [0.2, 0.25) is 0 Å². The minimum Gasteiger partial charge on any atom is -0.292 e. The van der Waals surface area contributed by atoms with Crippen molar-refractivity contribution in [2.75, 3.05) is 0 Å². The number of benzene rings is 1. The van der Waals surface area contributed by atoms with E-state index in [9.17, 15) is 30.2 Å². The maximum absolute atomic E-state index is 12.6. The topological polar surface area (TPSA) is 135 Å². The van der Waals surface area contributed by atoms with Crippen LogP contribution in [0.3, 0.4) is 0 Å². The molecular formula is C18H17N5O4. The van der Waals surface area contributed by atoms with E-state index >= 15 is 0 Å². The van der Waals surface area contributed by atoms with E-state index in [4.69, 9.17) is 0 Å². The number of aromatic nitrogens is 2. The maximum atomic E-state index is 12.6. The summed E-state index contributed by atoms with van der Waals surface area (Å²) in [6, 6.07) is 9.31. The second-order valence-electron chi connectivity index (χ2n) is 7.15. The Labute approximate surface area is 154 Å². The van der Waals surface area contributed by atoms with Crippen LogP contribution in [0.25, 0.3) is 0 Å². The number of nitro benzene ring substituents is 1. The molecule has 1 aromatic heterocycles. The monoisotopic (exact) mass is 367 g/mol. The third-order valence-electron chi connectivity index (χ3n) is 3.80. The third-order valence-corrected chi connectivity index (χ3v) is 3.80. The summed E-state index contributed by atoms with van der Waals surface area (Å²) in [5.41, 5.74) is -3.00. The van der Waals surface area contributed by atoms with E-state index in [1.165, 1.54) is 18.2 Å². The van der Waals surface area contributed by atoms with Gasteiger partial charge in [0.1, 0.15) is 12.1 Å². The SMILES string of the molecule is CC(C)(C)Cn1c(C#N)c(C#N)n(Cc2ccccc2[N+](=O)[O-])c(=O)c1=O. The molecule has 27 heavy (non-hydrogen) atoms. The van der Waals surface area contributed by atoms with E-state index in [-0.39, 0.29) is 35.7 Å².